The fourth-order valence-corrected chi connectivity index (χ4v) is 11.6. The number of nitrogens with zero attached hydrogens (tertiary/aromatic N) is 4. The molecule has 4 amide bonds. The first kappa shape index (κ1) is 53.2. The maximum atomic E-state index is 14.2. The molecular formula is C54H68ClN7O8S. The largest absolute Gasteiger partial charge is 0.491 e. The number of rotatable bonds is 17. The smallest absolute Gasteiger partial charge is 0.251 e. The van der Waals surface area contributed by atoms with E-state index in [0.29, 0.717) is 54.0 Å². The van der Waals surface area contributed by atoms with Gasteiger partial charge in [-0.2, -0.15) is 5.26 Å². The van der Waals surface area contributed by atoms with Crippen molar-refractivity contribution in [3.8, 4) is 28.0 Å². The molecule has 15 nitrogen and oxygen atoms in total. The minimum atomic E-state index is -0.922. The van der Waals surface area contributed by atoms with Crippen LogP contribution in [0.3, 0.4) is 0 Å². The number of halogens is 1. The molecule has 4 atom stereocenters. The molecular weight excluding hydrogens is 942 g/mol. The highest BCUT2D eigenvalue weighted by Crippen LogP contribution is 2.55. The SMILES string of the molecule is Cc1ncsc1-c1ccc([C@H](C)NC(=O)[C@@H]2C[C@@H](O)CN2C(=O)[C@@H](NC(=O)CN2CCC(OCCOc3ccc(C(=O)N[C@H]4C(C)(C)[C@H](Oc5ccc(C#N)c(Cl)c5)C4(C)C)cc3)CC2)C(C)(C)C)cc1. The number of nitrogens with one attached hydrogen (secondary N) is 3. The topological polar surface area (TPSA) is 195 Å². The summed E-state index contributed by atoms with van der Waals surface area (Å²) in [5.74, 6) is -0.0495. The van der Waals surface area contributed by atoms with Crippen LogP contribution in [0.1, 0.15) is 108 Å². The molecule has 4 aromatic rings. The van der Waals surface area contributed by atoms with Crippen LogP contribution in [0.2, 0.25) is 5.02 Å². The molecule has 0 radical (unpaired) electrons. The number of benzene rings is 3. The summed E-state index contributed by atoms with van der Waals surface area (Å²) in [6.45, 7) is 19.8. The first-order valence-electron chi connectivity index (χ1n) is 24.4. The lowest BCUT2D eigenvalue weighted by Gasteiger charge is -2.63. The van der Waals surface area contributed by atoms with Crippen LogP contribution in [-0.2, 0) is 19.1 Å². The molecule has 0 unspecified atom stereocenters. The Hall–Kier alpha value is -5.57. The predicted molar refractivity (Wildman–Crippen MR) is 273 cm³/mol. The zero-order valence-corrected chi connectivity index (χ0v) is 43.8. The first-order valence-corrected chi connectivity index (χ1v) is 25.6. The lowest BCUT2D eigenvalue weighted by molar-refractivity contribution is -0.164. The minimum absolute atomic E-state index is 0.000369. The van der Waals surface area contributed by atoms with Crippen LogP contribution >= 0.6 is 22.9 Å². The van der Waals surface area contributed by atoms with E-state index in [2.05, 4.69) is 54.7 Å². The zero-order valence-electron chi connectivity index (χ0n) is 42.2. The molecule has 3 fully saturated rings. The molecule has 17 heteroatoms. The van der Waals surface area contributed by atoms with Gasteiger partial charge in [-0.15, -0.1) is 11.3 Å². The fourth-order valence-electron chi connectivity index (χ4n) is 10.5. The van der Waals surface area contributed by atoms with E-state index in [0.717, 1.165) is 34.5 Å². The van der Waals surface area contributed by atoms with Gasteiger partial charge in [0.15, 0.2) is 0 Å². The Morgan fingerprint density at radius 3 is 2.23 bits per heavy atom. The number of carbonyl (C=O) groups is 4. The highest BCUT2D eigenvalue weighted by atomic mass is 35.5. The van der Waals surface area contributed by atoms with Crippen molar-refractivity contribution in [2.45, 2.75) is 124 Å². The van der Waals surface area contributed by atoms with E-state index in [1.54, 1.807) is 53.8 Å². The molecule has 2 saturated heterocycles. The van der Waals surface area contributed by atoms with Gasteiger partial charge in [-0.05, 0) is 79.6 Å². The van der Waals surface area contributed by atoms with Crippen molar-refractivity contribution in [1.29, 1.82) is 5.26 Å². The van der Waals surface area contributed by atoms with Crippen LogP contribution in [0.4, 0.5) is 0 Å². The van der Waals surface area contributed by atoms with Gasteiger partial charge in [0, 0.05) is 54.6 Å². The van der Waals surface area contributed by atoms with E-state index in [9.17, 15) is 29.5 Å². The summed E-state index contributed by atoms with van der Waals surface area (Å²) in [7, 11) is 0. The number of nitriles is 1. The second-order valence-corrected chi connectivity index (χ2v) is 22.7. The van der Waals surface area contributed by atoms with Crippen molar-refractivity contribution < 1.29 is 38.5 Å². The summed E-state index contributed by atoms with van der Waals surface area (Å²) in [6, 6.07) is 19.7. The lowest BCUT2D eigenvalue weighted by Crippen LogP contribution is -2.74. The number of β-amino-alcohol motifs (C(OH)–C–C–N with tert-alkyl or cyclic N) is 1. The molecule has 3 heterocycles. The van der Waals surface area contributed by atoms with Crippen molar-refractivity contribution in [2.75, 3.05) is 39.4 Å². The van der Waals surface area contributed by atoms with Crippen molar-refractivity contribution in [3.05, 3.63) is 99.6 Å². The van der Waals surface area contributed by atoms with Crippen LogP contribution in [0.15, 0.2) is 72.2 Å². The molecule has 3 aliphatic rings. The van der Waals surface area contributed by atoms with Crippen LogP contribution in [0, 0.1) is 34.5 Å². The number of ether oxygens (including phenoxy) is 3. The van der Waals surface area contributed by atoms with Gasteiger partial charge < -0.3 is 40.2 Å². The van der Waals surface area contributed by atoms with E-state index in [-0.39, 0.29) is 61.5 Å². The Morgan fingerprint density at radius 1 is 0.958 bits per heavy atom. The number of hydrogen-bond donors (Lipinski definition) is 4. The molecule has 380 valence electrons. The maximum Gasteiger partial charge on any atom is 0.251 e. The zero-order chi connectivity index (χ0) is 51.4. The van der Waals surface area contributed by atoms with Crippen molar-refractivity contribution in [2.24, 2.45) is 16.2 Å². The average Bonchev–Trinajstić information content (AvgIpc) is 3.95. The standard InChI is InChI=1S/C54H68ClN7O8S/c1-32(34-10-12-35(13-11-34)45-33(2)57-31-71-45)58-48(66)43-26-38(63)29-62(43)49(67)46(52(3,4)5)59-44(64)30-61-22-20-40(21-23-61)69-25-24-68-39-17-14-36(15-18-39)47(65)60-50-53(6,7)51(54(50,8)9)70-41-19-16-37(28-56)42(55)27-41/h10-19,27,31-32,38,40,43,46,50-51,63H,20-26,29-30H2,1-9H3,(H,58,66)(H,59,64)(H,60,65)/t32-,38+,43-,46+,50-,51-/m0/s1. The van der Waals surface area contributed by atoms with Gasteiger partial charge in [-0.3, -0.25) is 24.1 Å². The predicted octanol–water partition coefficient (Wildman–Crippen LogP) is 7.49. The number of piperidine rings is 1. The quantitative estimate of drug-likeness (QED) is 0.0766. The third-order valence-electron chi connectivity index (χ3n) is 14.2. The molecule has 1 saturated carbocycles. The number of carbonyl (C=O) groups excluding carboxylic acids is 4. The second kappa shape index (κ2) is 22.0. The Morgan fingerprint density at radius 2 is 1.62 bits per heavy atom. The molecule has 0 bridgehead atoms. The first-order chi connectivity index (χ1) is 33.6. The van der Waals surface area contributed by atoms with Crippen LogP contribution in [0.5, 0.6) is 11.5 Å². The fraction of sp³-hybridized carbons (Fsp3) is 0.519. The molecule has 0 spiro atoms. The molecule has 71 heavy (non-hydrogen) atoms. The van der Waals surface area contributed by atoms with E-state index >= 15 is 0 Å². The van der Waals surface area contributed by atoms with Gasteiger partial charge >= 0.3 is 0 Å². The normalized spacial score (nSPS) is 21.8. The Bertz CT molecular complexity index is 2570. The van der Waals surface area contributed by atoms with E-state index in [1.165, 1.54) is 4.90 Å². The number of amides is 4. The highest BCUT2D eigenvalue weighted by Gasteiger charge is 2.64. The summed E-state index contributed by atoms with van der Waals surface area (Å²) < 4.78 is 18.4. The number of aliphatic hydroxyl groups excluding tert-OH is 1. The monoisotopic (exact) mass is 1010 g/mol. The van der Waals surface area contributed by atoms with Gasteiger partial charge in [-0.1, -0.05) is 84.3 Å². The summed E-state index contributed by atoms with van der Waals surface area (Å²) in [4.78, 5) is 63.8. The van der Waals surface area contributed by atoms with Crippen LogP contribution in [-0.4, -0.2) is 119 Å². The van der Waals surface area contributed by atoms with Crippen LogP contribution < -0.4 is 25.4 Å². The van der Waals surface area contributed by atoms with Gasteiger partial charge in [0.25, 0.3) is 5.91 Å². The van der Waals surface area contributed by atoms with Gasteiger partial charge in [0.05, 0.1) is 58.1 Å². The Kier molecular flexibility index (Phi) is 16.5. The van der Waals surface area contributed by atoms with Crippen molar-refractivity contribution >= 4 is 46.6 Å². The Labute approximate surface area is 426 Å². The number of thiazole rings is 1. The average molecular weight is 1010 g/mol. The number of likely N-dealkylation sites (tertiary alicyclic amines) is 2. The summed E-state index contributed by atoms with van der Waals surface area (Å²) in [5.41, 5.74) is 4.17. The van der Waals surface area contributed by atoms with Gasteiger partial charge in [-0.25, -0.2) is 4.98 Å². The minimum Gasteiger partial charge on any atom is -0.491 e. The van der Waals surface area contributed by atoms with E-state index in [1.807, 2.05) is 69.3 Å². The molecule has 7 rings (SSSR count). The van der Waals surface area contributed by atoms with E-state index in [4.69, 9.17) is 25.8 Å². The number of aryl methyl sites for hydroxylation is 1. The van der Waals surface area contributed by atoms with Crippen molar-refractivity contribution in [1.82, 2.24) is 30.7 Å². The second-order valence-electron chi connectivity index (χ2n) is 21.4. The number of hydrogen-bond acceptors (Lipinski definition) is 12. The maximum absolute atomic E-state index is 14.2. The number of aliphatic hydroxyl groups is 1. The highest BCUT2D eigenvalue weighted by molar-refractivity contribution is 7.13. The molecule has 4 N–H and O–H groups in total. The Balaban J connectivity index is 0.816. The summed E-state index contributed by atoms with van der Waals surface area (Å²) in [5, 5.41) is 29.5. The molecule has 1 aliphatic carbocycles. The molecule has 1 aromatic heterocycles. The van der Waals surface area contributed by atoms with E-state index < -0.39 is 40.3 Å². The molecule has 3 aromatic carbocycles. The third kappa shape index (κ3) is 12.4. The van der Waals surface area contributed by atoms with Crippen LogP contribution in [0.25, 0.3) is 10.4 Å². The van der Waals surface area contributed by atoms with Gasteiger partial charge in [0.1, 0.15) is 42.4 Å². The van der Waals surface area contributed by atoms with Crippen molar-refractivity contribution in [3.63, 3.8) is 0 Å². The summed E-state index contributed by atoms with van der Waals surface area (Å²) >= 11 is 7.82. The number of aromatic nitrogens is 1. The molecule has 2 aliphatic heterocycles. The third-order valence-corrected chi connectivity index (χ3v) is 15.5. The lowest BCUT2D eigenvalue weighted by atomic mass is 9.49. The summed E-state index contributed by atoms with van der Waals surface area (Å²) in [6.07, 6.45) is 0.465. The van der Waals surface area contributed by atoms with Gasteiger partial charge in [0.2, 0.25) is 17.7 Å².